The predicted molar refractivity (Wildman–Crippen MR) is 75.1 cm³/mol. The Morgan fingerprint density at radius 1 is 1.40 bits per heavy atom. The van der Waals surface area contributed by atoms with Crippen molar-refractivity contribution in [3.63, 3.8) is 0 Å². The quantitative estimate of drug-likeness (QED) is 0.883. The third-order valence-electron chi connectivity index (χ3n) is 4.05. The Hall–Kier alpha value is -1.75. The molecule has 5 heteroatoms. The Morgan fingerprint density at radius 2 is 2.20 bits per heavy atom. The minimum Gasteiger partial charge on any atom is -0.486 e. The van der Waals surface area contributed by atoms with Crippen molar-refractivity contribution in [1.82, 2.24) is 4.90 Å². The van der Waals surface area contributed by atoms with E-state index in [4.69, 9.17) is 15.2 Å². The number of fused-ring (bicyclic) bond motifs is 1. The van der Waals surface area contributed by atoms with Gasteiger partial charge in [0.1, 0.15) is 13.2 Å². The molecule has 3 rings (SSSR count). The summed E-state index contributed by atoms with van der Waals surface area (Å²) in [6.45, 7) is 4.43. The van der Waals surface area contributed by atoms with Gasteiger partial charge in [-0.05, 0) is 37.9 Å². The number of nitrogens with two attached hydrogens (primary N) is 1. The topological polar surface area (TPSA) is 64.8 Å². The smallest absolute Gasteiger partial charge is 0.258 e. The fourth-order valence-corrected chi connectivity index (χ4v) is 2.99. The molecule has 1 amide bonds. The lowest BCUT2D eigenvalue weighted by Gasteiger charge is -2.25. The lowest BCUT2D eigenvalue weighted by molar-refractivity contribution is 0.0733. The third-order valence-corrected chi connectivity index (χ3v) is 4.05. The van der Waals surface area contributed by atoms with Crippen LogP contribution < -0.4 is 15.2 Å². The maximum atomic E-state index is 12.7. The molecule has 2 N–H and O–H groups in total. The van der Waals surface area contributed by atoms with Crippen molar-refractivity contribution in [1.29, 1.82) is 0 Å². The first-order chi connectivity index (χ1) is 9.70. The van der Waals surface area contributed by atoms with Crippen LogP contribution in [0.5, 0.6) is 11.5 Å². The molecule has 2 aliphatic rings. The number of nitrogens with zero attached hydrogens (tertiary/aromatic N) is 1. The van der Waals surface area contributed by atoms with E-state index in [2.05, 4.69) is 6.92 Å². The van der Waals surface area contributed by atoms with Crippen LogP contribution in [0.25, 0.3) is 0 Å². The first-order valence-electron chi connectivity index (χ1n) is 7.10. The van der Waals surface area contributed by atoms with Gasteiger partial charge in [-0.15, -0.1) is 0 Å². The second kappa shape index (κ2) is 5.32. The lowest BCUT2D eigenvalue weighted by atomic mass is 10.1. The molecule has 108 valence electrons. The van der Waals surface area contributed by atoms with Gasteiger partial charge in [0.25, 0.3) is 5.91 Å². The zero-order chi connectivity index (χ0) is 14.1. The number of rotatable bonds is 2. The Labute approximate surface area is 118 Å². The minimum absolute atomic E-state index is 0.0100. The van der Waals surface area contributed by atoms with Gasteiger partial charge in [0.15, 0.2) is 11.5 Å². The largest absolute Gasteiger partial charge is 0.486 e. The van der Waals surface area contributed by atoms with E-state index in [-0.39, 0.29) is 11.9 Å². The number of amides is 1. The van der Waals surface area contributed by atoms with E-state index in [1.54, 1.807) is 6.07 Å². The van der Waals surface area contributed by atoms with Crippen molar-refractivity contribution in [3.05, 3.63) is 23.8 Å². The summed E-state index contributed by atoms with van der Waals surface area (Å²) in [4.78, 5) is 14.6. The average molecular weight is 276 g/mol. The van der Waals surface area contributed by atoms with E-state index in [1.165, 1.54) is 0 Å². The highest BCUT2D eigenvalue weighted by molar-refractivity contribution is 5.98. The van der Waals surface area contributed by atoms with Gasteiger partial charge in [-0.25, -0.2) is 0 Å². The number of likely N-dealkylation sites (tertiary alicyclic amines) is 1. The first kappa shape index (κ1) is 13.2. The maximum absolute atomic E-state index is 12.7. The normalized spacial score (nSPS) is 24.8. The molecule has 0 radical (unpaired) electrons. The van der Waals surface area contributed by atoms with Crippen LogP contribution in [-0.2, 0) is 0 Å². The van der Waals surface area contributed by atoms with E-state index < -0.39 is 0 Å². The van der Waals surface area contributed by atoms with Crippen LogP contribution in [-0.4, -0.2) is 43.2 Å². The van der Waals surface area contributed by atoms with E-state index in [0.29, 0.717) is 42.7 Å². The van der Waals surface area contributed by atoms with E-state index in [0.717, 1.165) is 13.0 Å². The molecule has 1 fully saturated rings. The standard InChI is InChI=1S/C15H20N2O3/c1-10-7-11(8-16)9-17(10)15(18)12-3-2-4-13-14(12)20-6-5-19-13/h2-4,10-11H,5-9,16H2,1H3. The molecular weight excluding hydrogens is 256 g/mol. The molecule has 1 aromatic carbocycles. The summed E-state index contributed by atoms with van der Waals surface area (Å²) < 4.78 is 11.2. The average Bonchev–Trinajstić information content (AvgIpc) is 2.87. The van der Waals surface area contributed by atoms with Gasteiger partial charge in [0.05, 0.1) is 5.56 Å². The summed E-state index contributed by atoms with van der Waals surface area (Å²) in [5.41, 5.74) is 6.31. The fourth-order valence-electron chi connectivity index (χ4n) is 2.99. The fraction of sp³-hybridized carbons (Fsp3) is 0.533. The van der Waals surface area contributed by atoms with Crippen molar-refractivity contribution in [2.45, 2.75) is 19.4 Å². The van der Waals surface area contributed by atoms with Crippen LogP contribution >= 0.6 is 0 Å². The Kier molecular flexibility index (Phi) is 3.53. The van der Waals surface area contributed by atoms with E-state index in [1.807, 2.05) is 17.0 Å². The molecule has 1 saturated heterocycles. The Morgan fingerprint density at radius 3 is 2.95 bits per heavy atom. The van der Waals surface area contributed by atoms with Crippen molar-refractivity contribution in [2.24, 2.45) is 11.7 Å². The summed E-state index contributed by atoms with van der Waals surface area (Å²) in [6, 6.07) is 5.69. The van der Waals surface area contributed by atoms with Crippen molar-refractivity contribution in [2.75, 3.05) is 26.3 Å². The van der Waals surface area contributed by atoms with E-state index >= 15 is 0 Å². The predicted octanol–water partition coefficient (Wildman–Crippen LogP) is 1.27. The van der Waals surface area contributed by atoms with Gasteiger partial charge in [0, 0.05) is 12.6 Å². The monoisotopic (exact) mass is 276 g/mol. The number of ether oxygens (including phenoxy) is 2. The number of benzene rings is 1. The molecule has 2 unspecified atom stereocenters. The maximum Gasteiger partial charge on any atom is 0.258 e. The molecule has 0 spiro atoms. The number of carbonyl (C=O) groups is 1. The number of para-hydroxylation sites is 1. The molecule has 0 aromatic heterocycles. The van der Waals surface area contributed by atoms with Crippen LogP contribution in [0, 0.1) is 5.92 Å². The summed E-state index contributed by atoms with van der Waals surface area (Å²) in [5.74, 6) is 1.64. The van der Waals surface area contributed by atoms with Gasteiger partial charge in [-0.3, -0.25) is 4.79 Å². The summed E-state index contributed by atoms with van der Waals surface area (Å²) in [6.07, 6.45) is 0.967. The molecule has 5 nitrogen and oxygen atoms in total. The molecule has 2 atom stereocenters. The highest BCUT2D eigenvalue weighted by atomic mass is 16.6. The third kappa shape index (κ3) is 2.22. The summed E-state index contributed by atoms with van der Waals surface area (Å²) in [7, 11) is 0. The number of hydrogen-bond acceptors (Lipinski definition) is 4. The molecular formula is C15H20N2O3. The molecule has 2 heterocycles. The zero-order valence-corrected chi connectivity index (χ0v) is 11.7. The second-order valence-corrected chi connectivity index (χ2v) is 5.47. The van der Waals surface area contributed by atoms with Gasteiger partial charge >= 0.3 is 0 Å². The van der Waals surface area contributed by atoms with Crippen LogP contribution in [0.2, 0.25) is 0 Å². The lowest BCUT2D eigenvalue weighted by Crippen LogP contribution is -2.35. The number of carbonyl (C=O) groups excluding carboxylic acids is 1. The van der Waals surface area contributed by atoms with Crippen molar-refractivity contribution in [3.8, 4) is 11.5 Å². The molecule has 0 bridgehead atoms. The zero-order valence-electron chi connectivity index (χ0n) is 11.7. The molecule has 2 aliphatic heterocycles. The van der Waals surface area contributed by atoms with Crippen LogP contribution in [0.1, 0.15) is 23.7 Å². The molecule has 0 saturated carbocycles. The van der Waals surface area contributed by atoms with Crippen LogP contribution in [0.3, 0.4) is 0 Å². The van der Waals surface area contributed by atoms with Gasteiger partial charge in [-0.2, -0.15) is 0 Å². The van der Waals surface area contributed by atoms with Crippen LogP contribution in [0.15, 0.2) is 18.2 Å². The van der Waals surface area contributed by atoms with Crippen molar-refractivity contribution < 1.29 is 14.3 Å². The highest BCUT2D eigenvalue weighted by Crippen LogP contribution is 2.35. The first-order valence-corrected chi connectivity index (χ1v) is 7.10. The molecule has 1 aromatic rings. The Balaban J connectivity index is 1.88. The van der Waals surface area contributed by atoms with Gasteiger partial charge in [0.2, 0.25) is 0 Å². The van der Waals surface area contributed by atoms with Crippen LogP contribution in [0.4, 0.5) is 0 Å². The minimum atomic E-state index is 0.0100. The summed E-state index contributed by atoms with van der Waals surface area (Å²) in [5, 5.41) is 0. The number of hydrogen-bond donors (Lipinski definition) is 1. The van der Waals surface area contributed by atoms with Gasteiger partial charge in [-0.1, -0.05) is 6.07 Å². The van der Waals surface area contributed by atoms with Gasteiger partial charge < -0.3 is 20.1 Å². The van der Waals surface area contributed by atoms with Crippen molar-refractivity contribution >= 4 is 5.91 Å². The second-order valence-electron chi connectivity index (χ2n) is 5.47. The summed E-state index contributed by atoms with van der Waals surface area (Å²) >= 11 is 0. The Bertz CT molecular complexity index is 518. The SMILES string of the molecule is CC1CC(CN)CN1C(=O)c1cccc2c1OCCO2. The highest BCUT2D eigenvalue weighted by Gasteiger charge is 2.34. The molecule has 20 heavy (non-hydrogen) atoms. The molecule has 0 aliphatic carbocycles. The van der Waals surface area contributed by atoms with E-state index in [9.17, 15) is 4.79 Å².